The lowest BCUT2D eigenvalue weighted by Gasteiger charge is -1.98. The molecule has 0 rings (SSSR count). The molecule has 3 nitrogen and oxygen atoms in total. The summed E-state index contributed by atoms with van der Waals surface area (Å²) in [5.74, 6) is -0.290. The van der Waals surface area contributed by atoms with E-state index in [2.05, 4.69) is 4.74 Å². The number of halogens is 1. The van der Waals surface area contributed by atoms with Gasteiger partial charge < -0.3 is 4.74 Å². The number of hydrogen-bond acceptors (Lipinski definition) is 3. The molecule has 0 amide bonds. The number of ether oxygens (including phenoxy) is 1. The van der Waals surface area contributed by atoms with E-state index in [-0.39, 0.29) is 11.2 Å². The van der Waals surface area contributed by atoms with Gasteiger partial charge in [-0.15, -0.1) is 0 Å². The molecule has 0 aromatic heterocycles. The molecular weight excluding hydrogens is 168 g/mol. The smallest absolute Gasteiger partial charge is 0.302 e. The van der Waals surface area contributed by atoms with Crippen molar-refractivity contribution in [2.24, 2.45) is 0 Å². The van der Waals surface area contributed by atoms with Gasteiger partial charge in [-0.05, 0) is 24.4 Å². The fourth-order valence-electron chi connectivity index (χ4n) is 0.582. The molecule has 0 saturated heterocycles. The average molecular weight is 179 g/mol. The number of esters is 1. The van der Waals surface area contributed by atoms with Crippen molar-refractivity contribution in [1.29, 1.82) is 0 Å². The van der Waals surface area contributed by atoms with Crippen LogP contribution in [-0.4, -0.2) is 17.8 Å². The van der Waals surface area contributed by atoms with Crippen LogP contribution in [0.25, 0.3) is 0 Å². The first kappa shape index (κ1) is 10.4. The number of hydrogen-bond donors (Lipinski definition) is 0. The Labute approximate surface area is 70.7 Å². The molecule has 0 atom stereocenters. The molecule has 0 aromatic carbocycles. The Hall–Kier alpha value is -0.570. The van der Waals surface area contributed by atoms with Crippen LogP contribution in [0.5, 0.6) is 0 Å². The van der Waals surface area contributed by atoms with E-state index in [1.54, 1.807) is 0 Å². The largest absolute Gasteiger partial charge is 0.466 e. The number of rotatable bonds is 5. The van der Waals surface area contributed by atoms with E-state index in [0.717, 1.165) is 0 Å². The molecule has 0 aliphatic carbocycles. The van der Waals surface area contributed by atoms with E-state index < -0.39 is 0 Å². The molecule has 0 aliphatic heterocycles. The van der Waals surface area contributed by atoms with E-state index in [1.165, 1.54) is 6.92 Å². The lowest BCUT2D eigenvalue weighted by Crippen LogP contribution is -2.00. The van der Waals surface area contributed by atoms with Crippen molar-refractivity contribution in [2.45, 2.75) is 26.2 Å². The highest BCUT2D eigenvalue weighted by atomic mass is 35.5. The van der Waals surface area contributed by atoms with Gasteiger partial charge in [-0.1, -0.05) is 0 Å². The topological polar surface area (TPSA) is 43.4 Å². The van der Waals surface area contributed by atoms with E-state index in [1.807, 2.05) is 0 Å². The van der Waals surface area contributed by atoms with Crippen LogP contribution >= 0.6 is 11.6 Å². The predicted octanol–water partition coefficient (Wildman–Crippen LogP) is 1.49. The van der Waals surface area contributed by atoms with Crippen molar-refractivity contribution in [3.05, 3.63) is 0 Å². The molecule has 64 valence electrons. The summed E-state index contributed by atoms with van der Waals surface area (Å²) in [6.45, 7) is 1.73. The van der Waals surface area contributed by atoms with Crippen molar-refractivity contribution >= 4 is 22.8 Å². The fourth-order valence-corrected chi connectivity index (χ4v) is 0.716. The summed E-state index contributed by atoms with van der Waals surface area (Å²) in [4.78, 5) is 20.4. The van der Waals surface area contributed by atoms with Crippen LogP contribution in [-0.2, 0) is 14.3 Å². The third-order valence-electron chi connectivity index (χ3n) is 1.07. The van der Waals surface area contributed by atoms with Crippen LogP contribution in [0.3, 0.4) is 0 Å². The Kier molecular flexibility index (Phi) is 5.84. The molecule has 0 saturated carbocycles. The molecule has 0 fully saturated rings. The summed E-state index contributed by atoms with van der Waals surface area (Å²) < 4.78 is 4.63. The highest BCUT2D eigenvalue weighted by Gasteiger charge is 1.96. The maximum absolute atomic E-state index is 10.2. The molecule has 0 unspecified atom stereocenters. The Bertz CT molecular complexity index is 129. The lowest BCUT2D eigenvalue weighted by atomic mass is 10.2. The van der Waals surface area contributed by atoms with E-state index in [0.29, 0.717) is 25.9 Å². The van der Waals surface area contributed by atoms with Crippen LogP contribution in [0.15, 0.2) is 0 Å². The van der Waals surface area contributed by atoms with Crippen molar-refractivity contribution < 1.29 is 14.3 Å². The minimum absolute atomic E-state index is 0.290. The molecule has 0 N–H and O–H groups in total. The first-order valence-corrected chi connectivity index (χ1v) is 3.82. The Balaban J connectivity index is 3.03. The van der Waals surface area contributed by atoms with Gasteiger partial charge in [-0.2, -0.15) is 0 Å². The molecular formula is C7H11ClO3. The zero-order valence-electron chi connectivity index (χ0n) is 6.43. The highest BCUT2D eigenvalue weighted by Crippen LogP contribution is 1.99. The number of carbonyl (C=O) groups is 2. The van der Waals surface area contributed by atoms with Crippen molar-refractivity contribution in [3.63, 3.8) is 0 Å². The summed E-state index contributed by atoms with van der Waals surface area (Å²) in [5.41, 5.74) is 0. The standard InChI is InChI=1S/C7H11ClO3/c1-6(9)11-5-3-2-4-7(8)10/h2-5H2,1H3. The Morgan fingerprint density at radius 2 is 2.00 bits per heavy atom. The Morgan fingerprint density at radius 3 is 2.45 bits per heavy atom. The Morgan fingerprint density at radius 1 is 1.36 bits per heavy atom. The van der Waals surface area contributed by atoms with E-state index in [9.17, 15) is 9.59 Å². The summed E-state index contributed by atoms with van der Waals surface area (Å²) >= 11 is 5.07. The van der Waals surface area contributed by atoms with Gasteiger partial charge in [-0.25, -0.2) is 0 Å². The monoisotopic (exact) mass is 178 g/mol. The second-order valence-corrected chi connectivity index (χ2v) is 2.57. The normalized spacial score (nSPS) is 9.27. The molecule has 0 radical (unpaired) electrons. The summed E-state index contributed by atoms with van der Waals surface area (Å²) in [6, 6.07) is 0. The molecule has 0 aliphatic rings. The molecule has 0 aromatic rings. The van der Waals surface area contributed by atoms with Crippen molar-refractivity contribution in [2.75, 3.05) is 6.61 Å². The van der Waals surface area contributed by atoms with Crippen LogP contribution in [0.1, 0.15) is 26.2 Å². The zero-order chi connectivity index (χ0) is 8.69. The molecule has 4 heteroatoms. The maximum atomic E-state index is 10.2. The lowest BCUT2D eigenvalue weighted by molar-refractivity contribution is -0.141. The number of unbranched alkanes of at least 4 members (excludes halogenated alkanes) is 1. The summed E-state index contributed by atoms with van der Waals surface area (Å²) in [7, 11) is 0. The van der Waals surface area contributed by atoms with Crippen LogP contribution in [0.4, 0.5) is 0 Å². The second kappa shape index (κ2) is 6.16. The molecule has 0 bridgehead atoms. The first-order valence-electron chi connectivity index (χ1n) is 3.44. The third-order valence-corrected chi connectivity index (χ3v) is 1.26. The van der Waals surface area contributed by atoms with E-state index in [4.69, 9.17) is 11.6 Å². The zero-order valence-corrected chi connectivity index (χ0v) is 7.19. The van der Waals surface area contributed by atoms with Crippen molar-refractivity contribution in [1.82, 2.24) is 0 Å². The van der Waals surface area contributed by atoms with Gasteiger partial charge >= 0.3 is 5.97 Å². The van der Waals surface area contributed by atoms with Gasteiger partial charge in [0.05, 0.1) is 6.61 Å². The summed E-state index contributed by atoms with van der Waals surface area (Å²) in [5, 5.41) is -0.340. The van der Waals surface area contributed by atoms with Crippen molar-refractivity contribution in [3.8, 4) is 0 Å². The van der Waals surface area contributed by atoms with Crippen LogP contribution in [0, 0.1) is 0 Å². The molecule has 11 heavy (non-hydrogen) atoms. The minimum Gasteiger partial charge on any atom is -0.466 e. The van der Waals surface area contributed by atoms with Gasteiger partial charge in [0.2, 0.25) is 5.24 Å². The number of carbonyl (C=O) groups excluding carboxylic acids is 2. The van der Waals surface area contributed by atoms with Crippen LogP contribution < -0.4 is 0 Å². The highest BCUT2D eigenvalue weighted by molar-refractivity contribution is 6.63. The van der Waals surface area contributed by atoms with Gasteiger partial charge in [0.15, 0.2) is 0 Å². The fraction of sp³-hybridized carbons (Fsp3) is 0.714. The van der Waals surface area contributed by atoms with E-state index >= 15 is 0 Å². The second-order valence-electron chi connectivity index (χ2n) is 2.15. The average Bonchev–Trinajstić information content (AvgIpc) is 1.85. The summed E-state index contributed by atoms with van der Waals surface area (Å²) in [6.07, 6.45) is 1.72. The van der Waals surface area contributed by atoms with Gasteiger partial charge in [0.1, 0.15) is 0 Å². The quantitative estimate of drug-likeness (QED) is 0.364. The third kappa shape index (κ3) is 9.43. The van der Waals surface area contributed by atoms with Gasteiger partial charge in [0.25, 0.3) is 0 Å². The van der Waals surface area contributed by atoms with Gasteiger partial charge in [0, 0.05) is 13.3 Å². The van der Waals surface area contributed by atoms with Gasteiger partial charge in [-0.3, -0.25) is 9.59 Å². The van der Waals surface area contributed by atoms with Crippen LogP contribution in [0.2, 0.25) is 0 Å². The first-order chi connectivity index (χ1) is 5.13. The SMILES string of the molecule is CC(=O)OCCCCC(=O)Cl. The maximum Gasteiger partial charge on any atom is 0.302 e. The molecule has 0 heterocycles. The minimum atomic E-state index is -0.340. The molecule has 0 spiro atoms. The predicted molar refractivity (Wildman–Crippen MR) is 41.3 cm³/mol.